The van der Waals surface area contributed by atoms with Crippen LogP contribution in [0.2, 0.25) is 0 Å². The van der Waals surface area contributed by atoms with Gasteiger partial charge in [-0.25, -0.2) is 8.78 Å². The molecule has 1 saturated heterocycles. The molecule has 4 aromatic rings. The van der Waals surface area contributed by atoms with Crippen LogP contribution in [0.4, 0.5) is 26.0 Å². The Balaban J connectivity index is 1.48. The van der Waals surface area contributed by atoms with E-state index in [1.807, 2.05) is 55.1 Å². The number of nitrogens with zero attached hydrogens (tertiary/aromatic N) is 4. The number of hydrogen-bond donors (Lipinski definition) is 2. The lowest BCUT2D eigenvalue weighted by molar-refractivity contribution is 0.102. The number of piperazine rings is 1. The van der Waals surface area contributed by atoms with Crippen LogP contribution in [0.15, 0.2) is 54.6 Å². The van der Waals surface area contributed by atoms with E-state index in [4.69, 9.17) is 9.47 Å². The Kier molecular flexibility index (Phi) is 9.48. The molecule has 3 aromatic carbocycles. The number of aromatic nitrogens is 2. The van der Waals surface area contributed by atoms with Gasteiger partial charge in [-0.1, -0.05) is 19.9 Å². The largest absolute Gasteiger partial charge is 0.383 e. The topological polar surface area (TPSA) is 86.0 Å². The first-order valence-corrected chi connectivity index (χ1v) is 14.7. The number of halogens is 2. The van der Waals surface area contributed by atoms with Gasteiger partial charge in [-0.2, -0.15) is 5.10 Å². The Morgan fingerprint density at radius 2 is 1.70 bits per heavy atom. The highest BCUT2D eigenvalue weighted by Gasteiger charge is 2.27. The van der Waals surface area contributed by atoms with Gasteiger partial charge in [-0.3, -0.25) is 9.89 Å². The lowest BCUT2D eigenvalue weighted by Crippen LogP contribution is -2.44. The summed E-state index contributed by atoms with van der Waals surface area (Å²) in [6, 6.07) is 15.0. The van der Waals surface area contributed by atoms with E-state index >= 15 is 0 Å². The highest BCUT2D eigenvalue weighted by Crippen LogP contribution is 2.36. The molecule has 0 aliphatic carbocycles. The summed E-state index contributed by atoms with van der Waals surface area (Å²) in [5, 5.41) is 11.1. The van der Waals surface area contributed by atoms with Crippen LogP contribution in [0.1, 0.15) is 35.3 Å². The molecule has 2 heterocycles. The van der Waals surface area contributed by atoms with Crippen molar-refractivity contribution in [3.05, 3.63) is 82.9 Å². The van der Waals surface area contributed by atoms with E-state index in [2.05, 4.69) is 32.4 Å². The second-order valence-electron chi connectivity index (χ2n) is 11.7. The Morgan fingerprint density at radius 1 is 0.977 bits per heavy atom. The van der Waals surface area contributed by atoms with Crippen molar-refractivity contribution < 1.29 is 23.0 Å². The molecular weight excluding hydrogens is 566 g/mol. The molecule has 234 valence electrons. The van der Waals surface area contributed by atoms with Gasteiger partial charge in [0.05, 0.1) is 23.4 Å². The van der Waals surface area contributed by atoms with Gasteiger partial charge in [-0.05, 0) is 60.6 Å². The highest BCUT2D eigenvalue weighted by molar-refractivity contribution is 6.11. The maximum Gasteiger partial charge on any atom is 0.258 e. The normalized spacial score (nSPS) is 14.3. The Morgan fingerprint density at radius 3 is 2.39 bits per heavy atom. The number of hydrogen-bond acceptors (Lipinski definition) is 7. The predicted octanol–water partition coefficient (Wildman–Crippen LogP) is 5.23. The molecule has 11 heteroatoms. The van der Waals surface area contributed by atoms with Crippen LogP contribution < -0.4 is 15.1 Å². The molecule has 0 spiro atoms. The number of aromatic amines is 1. The zero-order valence-electron chi connectivity index (χ0n) is 25.9. The molecule has 2 N–H and O–H groups in total. The van der Waals surface area contributed by atoms with Crippen molar-refractivity contribution in [2.45, 2.75) is 19.3 Å². The third kappa shape index (κ3) is 6.69. The summed E-state index contributed by atoms with van der Waals surface area (Å²) < 4.78 is 39.0. The Labute approximate surface area is 256 Å². The maximum absolute atomic E-state index is 14.1. The van der Waals surface area contributed by atoms with Crippen molar-refractivity contribution in [1.29, 1.82) is 0 Å². The van der Waals surface area contributed by atoms with Crippen LogP contribution in [0.25, 0.3) is 10.9 Å². The fourth-order valence-electron chi connectivity index (χ4n) is 5.60. The molecule has 0 radical (unpaired) electrons. The van der Waals surface area contributed by atoms with Crippen molar-refractivity contribution in [2.75, 3.05) is 82.4 Å². The van der Waals surface area contributed by atoms with Gasteiger partial charge in [0.1, 0.15) is 18.4 Å². The average Bonchev–Trinajstić information content (AvgIpc) is 3.40. The third-order valence-corrected chi connectivity index (χ3v) is 8.39. The molecule has 1 fully saturated rings. The van der Waals surface area contributed by atoms with Crippen LogP contribution in [-0.2, 0) is 14.9 Å². The first kappa shape index (κ1) is 31.4. The lowest BCUT2D eigenvalue weighted by atomic mass is 9.78. The Bertz CT molecular complexity index is 1600. The van der Waals surface area contributed by atoms with E-state index in [1.54, 1.807) is 14.2 Å². The summed E-state index contributed by atoms with van der Waals surface area (Å²) in [4.78, 5) is 20.5. The SMILES string of the molecule is COCCN(COC)c1cc(N2CCN(C)CC2)ccc1C(=O)Nc1n[nH]c2ccc(C(C)(C)c3cc(F)cc(F)c3)cc12. The van der Waals surface area contributed by atoms with Crippen LogP contribution in [0, 0.1) is 11.6 Å². The van der Waals surface area contributed by atoms with Crippen LogP contribution in [0.5, 0.6) is 0 Å². The smallest absolute Gasteiger partial charge is 0.258 e. The van der Waals surface area contributed by atoms with Crippen molar-refractivity contribution in [3.63, 3.8) is 0 Å². The van der Waals surface area contributed by atoms with Crippen LogP contribution >= 0.6 is 0 Å². The molecule has 9 nitrogen and oxygen atoms in total. The summed E-state index contributed by atoms with van der Waals surface area (Å²) in [5.41, 5.74) is 3.56. The number of benzene rings is 3. The van der Waals surface area contributed by atoms with Gasteiger partial charge in [0.25, 0.3) is 5.91 Å². The van der Waals surface area contributed by atoms with Gasteiger partial charge in [0.15, 0.2) is 5.82 Å². The minimum Gasteiger partial charge on any atom is -0.383 e. The number of likely N-dealkylation sites (N-methyl/N-ethyl adjacent to an activating group) is 1. The van der Waals surface area contributed by atoms with Crippen molar-refractivity contribution in [2.24, 2.45) is 0 Å². The molecule has 0 unspecified atom stereocenters. The summed E-state index contributed by atoms with van der Waals surface area (Å²) in [7, 11) is 5.38. The highest BCUT2D eigenvalue weighted by atomic mass is 19.1. The van der Waals surface area contributed by atoms with Crippen LogP contribution in [-0.4, -0.2) is 88.3 Å². The van der Waals surface area contributed by atoms with Crippen molar-refractivity contribution in [1.82, 2.24) is 15.1 Å². The number of carbonyl (C=O) groups excluding carboxylic acids is 1. The number of methoxy groups -OCH3 is 2. The average molecular weight is 607 g/mol. The molecule has 44 heavy (non-hydrogen) atoms. The molecule has 0 atom stereocenters. The monoisotopic (exact) mass is 606 g/mol. The van der Waals surface area contributed by atoms with E-state index in [0.717, 1.165) is 54.7 Å². The second-order valence-corrected chi connectivity index (χ2v) is 11.7. The quantitative estimate of drug-likeness (QED) is 0.226. The molecule has 5 rings (SSSR count). The number of H-pyrrole nitrogens is 1. The van der Waals surface area contributed by atoms with E-state index in [9.17, 15) is 13.6 Å². The van der Waals surface area contributed by atoms with Gasteiger partial charge in [0, 0.05) is 69.5 Å². The zero-order chi connectivity index (χ0) is 31.4. The van der Waals surface area contributed by atoms with Gasteiger partial charge >= 0.3 is 0 Å². The Hall–Kier alpha value is -4.06. The fraction of sp³-hybridized carbons (Fsp3) is 0.394. The van der Waals surface area contributed by atoms with E-state index in [0.29, 0.717) is 35.5 Å². The third-order valence-electron chi connectivity index (χ3n) is 8.39. The number of fused-ring (bicyclic) bond motifs is 1. The van der Waals surface area contributed by atoms with Gasteiger partial charge < -0.3 is 29.5 Å². The van der Waals surface area contributed by atoms with E-state index in [-0.39, 0.29) is 12.6 Å². The summed E-state index contributed by atoms with van der Waals surface area (Å²) in [6.07, 6.45) is 0. The molecule has 1 aliphatic rings. The standard InChI is InChI=1S/C33H40F2N6O3/c1-33(2,23-16-24(34)19-25(35)17-23)22-6-9-29-28(18-22)31(38-37-29)36-32(42)27-8-7-26(40-12-10-39(3)11-13-40)20-30(27)41(21-44-5)14-15-43-4/h6-9,16-20H,10-15,21H2,1-5H3,(H2,36,37,38,42). The lowest BCUT2D eigenvalue weighted by Gasteiger charge is -2.35. The number of carbonyl (C=O) groups is 1. The second kappa shape index (κ2) is 13.3. The first-order valence-electron chi connectivity index (χ1n) is 14.7. The summed E-state index contributed by atoms with van der Waals surface area (Å²) >= 11 is 0. The molecule has 1 amide bonds. The van der Waals surface area contributed by atoms with Gasteiger partial charge in [0.2, 0.25) is 0 Å². The maximum atomic E-state index is 14.1. The van der Waals surface area contributed by atoms with Crippen LogP contribution in [0.3, 0.4) is 0 Å². The van der Waals surface area contributed by atoms with Crippen molar-refractivity contribution in [3.8, 4) is 0 Å². The minimum atomic E-state index is -0.718. The number of anilines is 3. The van der Waals surface area contributed by atoms with Gasteiger partial charge in [-0.15, -0.1) is 0 Å². The molecular formula is C33H40F2N6O3. The number of ether oxygens (including phenoxy) is 2. The minimum absolute atomic E-state index is 0.278. The van der Waals surface area contributed by atoms with E-state index < -0.39 is 17.0 Å². The summed E-state index contributed by atoms with van der Waals surface area (Å²) in [6.45, 7) is 8.78. The summed E-state index contributed by atoms with van der Waals surface area (Å²) in [5.74, 6) is -1.23. The molecule has 0 saturated carbocycles. The first-order chi connectivity index (χ1) is 21.1. The molecule has 1 aromatic heterocycles. The molecule has 1 aliphatic heterocycles. The predicted molar refractivity (Wildman–Crippen MR) is 170 cm³/mol. The van der Waals surface area contributed by atoms with Crippen molar-refractivity contribution >= 4 is 34.0 Å². The number of nitrogens with one attached hydrogen (secondary N) is 2. The number of rotatable bonds is 11. The van der Waals surface area contributed by atoms with E-state index in [1.165, 1.54) is 12.1 Å². The fourth-order valence-corrected chi connectivity index (χ4v) is 5.60. The number of amides is 1. The zero-order valence-corrected chi connectivity index (χ0v) is 25.9. The molecule has 0 bridgehead atoms.